The maximum Gasteiger partial charge on any atom is 0.252 e. The third-order valence-electron chi connectivity index (χ3n) is 3.03. The quantitative estimate of drug-likeness (QED) is 0.230. The van der Waals surface area contributed by atoms with E-state index >= 15 is 0 Å². The predicted octanol–water partition coefficient (Wildman–Crippen LogP) is 0.526. The first-order valence-corrected chi connectivity index (χ1v) is 7.30. The van der Waals surface area contributed by atoms with Crippen LogP contribution < -0.4 is 9.13 Å². The molecule has 2 rings (SSSR count). The van der Waals surface area contributed by atoms with Gasteiger partial charge in [0, 0.05) is 12.1 Å². The fourth-order valence-corrected chi connectivity index (χ4v) is 1.99. The van der Waals surface area contributed by atoms with Crippen molar-refractivity contribution in [3.63, 3.8) is 0 Å². The van der Waals surface area contributed by atoms with Crippen molar-refractivity contribution in [2.45, 2.75) is 13.5 Å². The summed E-state index contributed by atoms with van der Waals surface area (Å²) in [5.74, 6) is 0. The summed E-state index contributed by atoms with van der Waals surface area (Å²) < 4.78 is 14.7. The molecule has 2 aromatic rings. The molecule has 0 aliphatic heterocycles. The molecule has 0 aliphatic rings. The van der Waals surface area contributed by atoms with Crippen LogP contribution in [-0.4, -0.2) is 36.1 Å². The Kier molecular flexibility index (Phi) is 7.32. The van der Waals surface area contributed by atoms with E-state index in [2.05, 4.69) is 10.3 Å². The lowest BCUT2D eigenvalue weighted by molar-refractivity contribution is -0.737. The fourth-order valence-electron chi connectivity index (χ4n) is 1.99. The van der Waals surface area contributed by atoms with Crippen LogP contribution in [0.5, 0.6) is 0 Å². The zero-order valence-corrected chi connectivity index (χ0v) is 13.1. The molecular formula is C16H20N4O4+2. The van der Waals surface area contributed by atoms with Gasteiger partial charge in [-0.1, -0.05) is 10.3 Å². The second kappa shape index (κ2) is 10.0. The minimum atomic E-state index is 0.381. The molecule has 0 saturated heterocycles. The normalized spacial score (nSPS) is 11.5. The van der Waals surface area contributed by atoms with Gasteiger partial charge < -0.3 is 19.9 Å². The summed E-state index contributed by atoms with van der Waals surface area (Å²) in [4.78, 5) is 0. The van der Waals surface area contributed by atoms with Crippen molar-refractivity contribution in [1.29, 1.82) is 0 Å². The highest BCUT2D eigenvalue weighted by atomic mass is 16.5. The molecule has 0 unspecified atom stereocenters. The van der Waals surface area contributed by atoms with Crippen LogP contribution in [0.4, 0.5) is 0 Å². The van der Waals surface area contributed by atoms with Gasteiger partial charge in [-0.2, -0.15) is 9.13 Å². The molecule has 8 nitrogen and oxygen atoms in total. The number of aromatic nitrogens is 2. The second-order valence-corrected chi connectivity index (χ2v) is 4.87. The van der Waals surface area contributed by atoms with Crippen molar-refractivity contribution < 1.29 is 29.0 Å². The first kappa shape index (κ1) is 17.5. The van der Waals surface area contributed by atoms with E-state index in [1.807, 2.05) is 58.2 Å². The predicted molar refractivity (Wildman–Crippen MR) is 83.9 cm³/mol. The lowest BCUT2D eigenvalue weighted by Crippen LogP contribution is -2.36. The Morgan fingerprint density at radius 2 is 1.29 bits per heavy atom. The van der Waals surface area contributed by atoms with Gasteiger partial charge in [0.25, 0.3) is 13.5 Å². The van der Waals surface area contributed by atoms with Crippen LogP contribution in [0.2, 0.25) is 0 Å². The van der Waals surface area contributed by atoms with Crippen molar-refractivity contribution in [1.82, 2.24) is 0 Å². The Morgan fingerprint density at radius 1 is 0.833 bits per heavy atom. The fraction of sp³-hybridized carbons (Fsp3) is 0.250. The average Bonchev–Trinajstić information content (AvgIpc) is 2.59. The summed E-state index contributed by atoms with van der Waals surface area (Å²) in [6.07, 6.45) is 10.0. The van der Waals surface area contributed by atoms with Crippen molar-refractivity contribution in [2.24, 2.45) is 10.3 Å². The Balaban J connectivity index is 1.66. The van der Waals surface area contributed by atoms with Gasteiger partial charge in [-0.15, -0.1) is 0 Å². The topological polar surface area (TPSA) is 91.4 Å². The standard InChI is InChI=1S/C16H18N4O4/c21-17-9-15-3-1-5-19(11-15)13-23-7-8-24-14-20-6-2-4-16(12-20)10-18-22/h1-6,9-12H,7-8,13-14H2/p+2/b17-9+,18-10+. The maximum atomic E-state index is 8.52. The van der Waals surface area contributed by atoms with E-state index in [0.29, 0.717) is 26.7 Å². The third-order valence-corrected chi connectivity index (χ3v) is 3.03. The Bertz CT molecular complexity index is 632. The second-order valence-electron chi connectivity index (χ2n) is 4.87. The van der Waals surface area contributed by atoms with Crippen molar-refractivity contribution in [2.75, 3.05) is 13.2 Å². The minimum Gasteiger partial charge on any atom is -0.411 e. The zero-order valence-electron chi connectivity index (χ0n) is 13.1. The number of ether oxygens (including phenoxy) is 2. The molecule has 2 aromatic heterocycles. The van der Waals surface area contributed by atoms with Crippen molar-refractivity contribution >= 4 is 12.4 Å². The number of nitrogens with zero attached hydrogens (tertiary/aromatic N) is 4. The number of hydrogen-bond donors (Lipinski definition) is 2. The van der Waals surface area contributed by atoms with Gasteiger partial charge in [0.15, 0.2) is 24.8 Å². The summed E-state index contributed by atoms with van der Waals surface area (Å²) in [6.45, 7) is 1.66. The summed E-state index contributed by atoms with van der Waals surface area (Å²) >= 11 is 0. The molecule has 0 aromatic carbocycles. The zero-order chi connectivity index (χ0) is 17.0. The van der Waals surface area contributed by atoms with Gasteiger partial charge in [-0.3, -0.25) is 0 Å². The van der Waals surface area contributed by atoms with Crippen LogP contribution in [0.15, 0.2) is 59.4 Å². The van der Waals surface area contributed by atoms with E-state index in [-0.39, 0.29) is 0 Å². The van der Waals surface area contributed by atoms with Crippen molar-refractivity contribution in [3.05, 3.63) is 60.2 Å². The first-order chi connectivity index (χ1) is 11.8. The summed E-state index contributed by atoms with van der Waals surface area (Å²) in [7, 11) is 0. The van der Waals surface area contributed by atoms with Gasteiger partial charge in [0.2, 0.25) is 0 Å². The molecule has 8 heteroatoms. The van der Waals surface area contributed by atoms with Gasteiger partial charge in [0.1, 0.15) is 0 Å². The summed E-state index contributed by atoms with van der Waals surface area (Å²) in [5.41, 5.74) is 1.56. The number of oxime groups is 2. The van der Waals surface area contributed by atoms with E-state index in [1.165, 1.54) is 12.4 Å². The molecule has 0 aliphatic carbocycles. The van der Waals surface area contributed by atoms with E-state index in [1.54, 1.807) is 0 Å². The molecule has 2 N–H and O–H groups in total. The molecule has 126 valence electrons. The average molecular weight is 332 g/mol. The smallest absolute Gasteiger partial charge is 0.252 e. The molecule has 0 bridgehead atoms. The SMILES string of the molecule is O/N=C/c1ccc[n+](COCCOC[n+]2cccc(/C=N/O)c2)c1. The van der Waals surface area contributed by atoms with Gasteiger partial charge in [0.05, 0.1) is 36.8 Å². The molecular weight excluding hydrogens is 312 g/mol. The van der Waals surface area contributed by atoms with Gasteiger partial charge in [-0.25, -0.2) is 0 Å². The van der Waals surface area contributed by atoms with E-state index in [4.69, 9.17) is 19.9 Å². The third kappa shape index (κ3) is 6.11. The first-order valence-electron chi connectivity index (χ1n) is 7.30. The van der Waals surface area contributed by atoms with E-state index in [9.17, 15) is 0 Å². The largest absolute Gasteiger partial charge is 0.411 e. The van der Waals surface area contributed by atoms with Crippen LogP contribution in [-0.2, 0) is 22.9 Å². The summed E-state index contributed by atoms with van der Waals surface area (Å²) in [6, 6.07) is 7.34. The molecule has 0 spiro atoms. The Morgan fingerprint density at radius 3 is 1.71 bits per heavy atom. The summed E-state index contributed by atoms with van der Waals surface area (Å²) in [5, 5.41) is 23.0. The molecule has 0 atom stereocenters. The van der Waals surface area contributed by atoms with Crippen LogP contribution in [0.3, 0.4) is 0 Å². The number of pyridine rings is 2. The Hall–Kier alpha value is -2.84. The lowest BCUT2D eigenvalue weighted by atomic mass is 10.3. The highest BCUT2D eigenvalue weighted by Gasteiger charge is 2.03. The maximum absolute atomic E-state index is 8.52. The highest BCUT2D eigenvalue weighted by molar-refractivity contribution is 5.78. The number of hydrogen-bond acceptors (Lipinski definition) is 6. The Labute approximate surface area is 139 Å². The highest BCUT2D eigenvalue weighted by Crippen LogP contribution is 1.91. The van der Waals surface area contributed by atoms with Crippen LogP contribution >= 0.6 is 0 Å². The van der Waals surface area contributed by atoms with E-state index in [0.717, 1.165) is 11.1 Å². The number of rotatable bonds is 9. The molecule has 0 fully saturated rings. The minimum absolute atomic E-state index is 0.381. The van der Waals surface area contributed by atoms with E-state index < -0.39 is 0 Å². The van der Waals surface area contributed by atoms with Gasteiger partial charge >= 0.3 is 0 Å². The molecule has 0 amide bonds. The molecule has 0 saturated carbocycles. The van der Waals surface area contributed by atoms with Gasteiger partial charge in [-0.05, 0) is 12.1 Å². The van der Waals surface area contributed by atoms with Crippen molar-refractivity contribution in [3.8, 4) is 0 Å². The molecule has 24 heavy (non-hydrogen) atoms. The van der Waals surface area contributed by atoms with Crippen LogP contribution in [0.25, 0.3) is 0 Å². The van der Waals surface area contributed by atoms with Crippen LogP contribution in [0.1, 0.15) is 11.1 Å². The monoisotopic (exact) mass is 332 g/mol. The molecule has 0 radical (unpaired) electrons. The molecule has 2 heterocycles. The lowest BCUT2D eigenvalue weighted by Gasteiger charge is -2.02. The van der Waals surface area contributed by atoms with Crippen LogP contribution in [0, 0.1) is 0 Å².